The van der Waals surface area contributed by atoms with Crippen molar-refractivity contribution in [2.75, 3.05) is 6.61 Å². The minimum atomic E-state index is -0.0819. The van der Waals surface area contributed by atoms with Crippen molar-refractivity contribution in [3.8, 4) is 0 Å². The van der Waals surface area contributed by atoms with Crippen molar-refractivity contribution in [1.29, 1.82) is 0 Å². The molecule has 0 aromatic heterocycles. The minimum Gasteiger partial charge on any atom is -0.466 e. The van der Waals surface area contributed by atoms with Gasteiger partial charge < -0.3 is 4.74 Å². The van der Waals surface area contributed by atoms with E-state index in [0.717, 1.165) is 6.42 Å². The Morgan fingerprint density at radius 2 is 1.83 bits per heavy atom. The van der Waals surface area contributed by atoms with E-state index in [-0.39, 0.29) is 18.4 Å². The first-order chi connectivity index (χ1) is 5.31. The van der Waals surface area contributed by atoms with Gasteiger partial charge in [0.2, 0.25) is 0 Å². The highest BCUT2D eigenvalue weighted by Crippen LogP contribution is 1.99. The molecule has 0 aliphatic heterocycles. The van der Waals surface area contributed by atoms with E-state index < -0.39 is 0 Å². The van der Waals surface area contributed by atoms with Crippen LogP contribution in [0.5, 0.6) is 0 Å². The molecule has 0 rings (SSSR count). The molecule has 12 heavy (non-hydrogen) atoms. The average Bonchev–Trinajstić information content (AvgIpc) is 2.04. The lowest BCUT2D eigenvalue weighted by atomic mass is 10.2. The van der Waals surface area contributed by atoms with Crippen LogP contribution in [0.25, 0.3) is 0 Å². The molecule has 0 spiro atoms. The summed E-state index contributed by atoms with van der Waals surface area (Å²) >= 11 is 0. The van der Waals surface area contributed by atoms with Gasteiger partial charge in [0.05, 0.1) is 6.61 Å². The molecule has 2 nitrogen and oxygen atoms in total. The Hall–Kier alpha value is -0.240. The van der Waals surface area contributed by atoms with Crippen LogP contribution < -0.4 is 0 Å². The summed E-state index contributed by atoms with van der Waals surface area (Å²) in [5.74, 6) is -0.0819. The maximum absolute atomic E-state index is 10.6. The summed E-state index contributed by atoms with van der Waals surface area (Å²) in [6.07, 6.45) is 5.15. The van der Waals surface area contributed by atoms with Gasteiger partial charge in [0.15, 0.2) is 0 Å². The van der Waals surface area contributed by atoms with Crippen molar-refractivity contribution >= 4 is 18.4 Å². The summed E-state index contributed by atoms with van der Waals surface area (Å²) in [4.78, 5) is 10.6. The second kappa shape index (κ2) is 10.8. The summed E-state index contributed by atoms with van der Waals surface area (Å²) in [6, 6.07) is 0. The van der Waals surface area contributed by atoms with Gasteiger partial charge in [-0.25, -0.2) is 0 Å². The number of carbonyl (C=O) groups is 1. The normalized spacial score (nSPS) is 8.83. The number of hydrogen-bond acceptors (Lipinski definition) is 2. The molecule has 0 fully saturated rings. The topological polar surface area (TPSA) is 26.3 Å². The number of unbranched alkanes of at least 4 members (excludes halogenated alkanes) is 3. The Morgan fingerprint density at radius 3 is 2.33 bits per heavy atom. The molecule has 0 heterocycles. The molecule has 0 unspecified atom stereocenters. The molecule has 0 aliphatic rings. The molecule has 0 radical (unpaired) electrons. The predicted molar refractivity (Wildman–Crippen MR) is 52.6 cm³/mol. The first-order valence-electron chi connectivity index (χ1n) is 4.46. The number of halogens is 1. The second-order valence-corrected chi connectivity index (χ2v) is 2.63. The number of carbonyl (C=O) groups excluding carboxylic acids is 1. The molecule has 0 aliphatic carbocycles. The highest BCUT2D eigenvalue weighted by Gasteiger charge is 1.95. The quantitative estimate of drug-likeness (QED) is 0.480. The smallest absolute Gasteiger partial charge is 0.305 e. The van der Waals surface area contributed by atoms with Crippen molar-refractivity contribution in [2.45, 2.75) is 46.0 Å². The van der Waals surface area contributed by atoms with E-state index in [1.54, 1.807) is 0 Å². The van der Waals surface area contributed by atoms with Gasteiger partial charge >= 0.3 is 5.97 Å². The van der Waals surface area contributed by atoms with Crippen molar-refractivity contribution in [2.24, 2.45) is 0 Å². The number of ether oxygens (including phenoxy) is 1. The van der Waals surface area contributed by atoms with E-state index in [1.165, 1.54) is 19.3 Å². The van der Waals surface area contributed by atoms with E-state index in [1.807, 2.05) is 6.92 Å². The Labute approximate surface area is 81.1 Å². The fraction of sp³-hybridized carbons (Fsp3) is 0.889. The summed E-state index contributed by atoms with van der Waals surface area (Å²) in [6.45, 7) is 4.58. The van der Waals surface area contributed by atoms with E-state index in [4.69, 9.17) is 4.74 Å². The van der Waals surface area contributed by atoms with E-state index >= 15 is 0 Å². The third-order valence-corrected chi connectivity index (χ3v) is 1.55. The fourth-order valence-electron chi connectivity index (χ4n) is 0.817. The van der Waals surface area contributed by atoms with Gasteiger partial charge in [-0.2, -0.15) is 0 Å². The highest BCUT2D eigenvalue weighted by atomic mass is 35.5. The van der Waals surface area contributed by atoms with Crippen molar-refractivity contribution < 1.29 is 9.53 Å². The molecule has 0 saturated carbocycles. The highest BCUT2D eigenvalue weighted by molar-refractivity contribution is 5.85. The Kier molecular flexibility index (Phi) is 12.8. The van der Waals surface area contributed by atoms with Crippen molar-refractivity contribution in [3.63, 3.8) is 0 Å². The van der Waals surface area contributed by atoms with Gasteiger partial charge in [0.25, 0.3) is 0 Å². The zero-order chi connectivity index (χ0) is 8.53. The number of esters is 1. The van der Waals surface area contributed by atoms with Gasteiger partial charge in [-0.05, 0) is 6.42 Å². The van der Waals surface area contributed by atoms with Crippen LogP contribution in [0, 0.1) is 0 Å². The lowest BCUT2D eigenvalue weighted by molar-refractivity contribution is -0.143. The van der Waals surface area contributed by atoms with Gasteiger partial charge in [0, 0.05) is 6.42 Å². The zero-order valence-electron chi connectivity index (χ0n) is 7.97. The fourth-order valence-corrected chi connectivity index (χ4v) is 0.817. The summed E-state index contributed by atoms with van der Waals surface area (Å²) < 4.78 is 4.90. The second-order valence-electron chi connectivity index (χ2n) is 2.63. The van der Waals surface area contributed by atoms with Crippen LogP contribution >= 0.6 is 12.4 Å². The Balaban J connectivity index is 0. The molecule has 0 amide bonds. The van der Waals surface area contributed by atoms with Gasteiger partial charge in [-0.15, -0.1) is 12.4 Å². The molecular formula is C9H19ClO2. The Bertz CT molecular complexity index is 105. The van der Waals surface area contributed by atoms with Crippen LogP contribution in [0.2, 0.25) is 0 Å². The summed E-state index contributed by atoms with van der Waals surface area (Å²) in [5, 5.41) is 0. The minimum absolute atomic E-state index is 0. The molecule has 3 heteroatoms. The van der Waals surface area contributed by atoms with Gasteiger partial charge in [-0.1, -0.05) is 33.1 Å². The van der Waals surface area contributed by atoms with E-state index in [2.05, 4.69) is 6.92 Å². The van der Waals surface area contributed by atoms with Crippen molar-refractivity contribution in [1.82, 2.24) is 0 Å². The molecule has 74 valence electrons. The first kappa shape index (κ1) is 14.3. The van der Waals surface area contributed by atoms with Crippen LogP contribution in [-0.4, -0.2) is 12.6 Å². The molecular weight excluding hydrogens is 176 g/mol. The van der Waals surface area contributed by atoms with Crippen LogP contribution in [-0.2, 0) is 9.53 Å². The van der Waals surface area contributed by atoms with E-state index in [9.17, 15) is 4.79 Å². The average molecular weight is 195 g/mol. The van der Waals surface area contributed by atoms with Crippen LogP contribution in [0.1, 0.15) is 46.0 Å². The standard InChI is InChI=1S/C9H18O2.ClH/c1-3-5-6-7-8-11-9(10)4-2;/h3-8H2,1-2H3;1H. The molecule has 0 bridgehead atoms. The van der Waals surface area contributed by atoms with Gasteiger partial charge in [0.1, 0.15) is 0 Å². The third-order valence-electron chi connectivity index (χ3n) is 1.55. The molecule has 0 atom stereocenters. The summed E-state index contributed by atoms with van der Waals surface area (Å²) in [7, 11) is 0. The van der Waals surface area contributed by atoms with Crippen LogP contribution in [0.15, 0.2) is 0 Å². The van der Waals surface area contributed by atoms with Crippen LogP contribution in [0.4, 0.5) is 0 Å². The zero-order valence-corrected chi connectivity index (χ0v) is 8.78. The summed E-state index contributed by atoms with van der Waals surface area (Å²) in [5.41, 5.74) is 0. The van der Waals surface area contributed by atoms with E-state index in [0.29, 0.717) is 13.0 Å². The van der Waals surface area contributed by atoms with Gasteiger partial charge in [-0.3, -0.25) is 4.79 Å². The monoisotopic (exact) mass is 194 g/mol. The number of rotatable bonds is 6. The SMILES string of the molecule is CCCCCCOC(=O)CC.Cl. The molecule has 0 aromatic carbocycles. The first-order valence-corrected chi connectivity index (χ1v) is 4.46. The maximum atomic E-state index is 10.6. The number of hydrogen-bond donors (Lipinski definition) is 0. The molecule has 0 saturated heterocycles. The predicted octanol–water partition coefficient (Wildman–Crippen LogP) is 2.94. The largest absolute Gasteiger partial charge is 0.466 e. The lowest BCUT2D eigenvalue weighted by Crippen LogP contribution is -2.03. The lowest BCUT2D eigenvalue weighted by Gasteiger charge is -2.01. The Morgan fingerprint density at radius 1 is 1.17 bits per heavy atom. The van der Waals surface area contributed by atoms with Crippen molar-refractivity contribution in [3.05, 3.63) is 0 Å². The molecule has 0 aromatic rings. The third kappa shape index (κ3) is 9.76. The van der Waals surface area contributed by atoms with Crippen LogP contribution in [0.3, 0.4) is 0 Å². The maximum Gasteiger partial charge on any atom is 0.305 e. The molecule has 0 N–H and O–H groups in total.